The number of aryl methyl sites for hydroxylation is 1. The SMILES string of the molecule is C=CCN(C(=O)C1N([C@@H](CO)C(C)C)C(=O)[C@@H]2[C@@H](C(=O)O)[C@H]3CC(C)C12S3)c1c(C)cccc1Cl. The number of aliphatic carboxylic acids is 1. The smallest absolute Gasteiger partial charge is 0.308 e. The van der Waals surface area contributed by atoms with Gasteiger partial charge in [0.25, 0.3) is 5.91 Å². The lowest BCUT2D eigenvalue weighted by Crippen LogP contribution is -2.60. The molecule has 2 N–H and O–H groups in total. The molecule has 3 heterocycles. The minimum Gasteiger partial charge on any atom is -0.481 e. The average Bonchev–Trinajstić information content (AvgIpc) is 3.37. The summed E-state index contributed by atoms with van der Waals surface area (Å²) in [5.74, 6) is -3.53. The second kappa shape index (κ2) is 9.45. The summed E-state index contributed by atoms with van der Waals surface area (Å²) < 4.78 is -0.890. The third-order valence-electron chi connectivity index (χ3n) is 8.05. The van der Waals surface area contributed by atoms with Crippen LogP contribution in [0.1, 0.15) is 32.8 Å². The summed E-state index contributed by atoms with van der Waals surface area (Å²) in [6, 6.07) is 3.86. The van der Waals surface area contributed by atoms with Crippen LogP contribution in [-0.4, -0.2) is 68.1 Å². The molecule has 0 aliphatic carbocycles. The first-order chi connectivity index (χ1) is 16.5. The summed E-state index contributed by atoms with van der Waals surface area (Å²) in [6.45, 7) is 11.4. The highest BCUT2D eigenvalue weighted by Crippen LogP contribution is 2.69. The van der Waals surface area contributed by atoms with E-state index in [1.165, 1.54) is 16.7 Å². The summed E-state index contributed by atoms with van der Waals surface area (Å²) in [6.07, 6.45) is 2.24. The standard InChI is InChI=1S/C26H33ClN2O5S/c1-6-10-28(21-14(4)8-7-9-16(21)27)24(32)22-26-15(5)11-18(35-26)19(25(33)34)20(26)23(31)29(22)17(12-30)13(2)3/h6-9,13,15,17-20,22,30H,1,10-12H2,2-5H3,(H,33,34)/t15?,17-,18+,19-,20-,22?,26?/m0/s1. The fourth-order valence-electron chi connectivity index (χ4n) is 6.53. The number of carboxylic acids is 1. The number of para-hydroxylation sites is 1. The number of fused-ring (bicyclic) bond motifs is 1. The van der Waals surface area contributed by atoms with Crippen LogP contribution in [0.3, 0.4) is 0 Å². The highest BCUT2D eigenvalue weighted by atomic mass is 35.5. The lowest BCUT2D eigenvalue weighted by Gasteiger charge is -2.43. The van der Waals surface area contributed by atoms with Gasteiger partial charge in [0.1, 0.15) is 6.04 Å². The van der Waals surface area contributed by atoms with Gasteiger partial charge in [-0.15, -0.1) is 18.3 Å². The maximum absolute atomic E-state index is 14.6. The van der Waals surface area contributed by atoms with Gasteiger partial charge in [-0.05, 0) is 36.8 Å². The van der Waals surface area contributed by atoms with Crippen LogP contribution in [0.2, 0.25) is 5.02 Å². The first-order valence-electron chi connectivity index (χ1n) is 12.0. The van der Waals surface area contributed by atoms with E-state index in [0.717, 1.165) is 5.56 Å². The molecular weight excluding hydrogens is 488 g/mol. The molecule has 0 radical (unpaired) electrons. The topological polar surface area (TPSA) is 98.2 Å². The molecule has 35 heavy (non-hydrogen) atoms. The van der Waals surface area contributed by atoms with Crippen molar-refractivity contribution in [2.75, 3.05) is 18.1 Å². The summed E-state index contributed by atoms with van der Waals surface area (Å²) in [5.41, 5.74) is 1.36. The number of likely N-dealkylation sites (tertiary alicyclic amines) is 1. The van der Waals surface area contributed by atoms with Crippen molar-refractivity contribution < 1.29 is 24.6 Å². The Kier molecular flexibility index (Phi) is 7.03. The number of anilines is 1. The van der Waals surface area contributed by atoms with E-state index < -0.39 is 34.6 Å². The monoisotopic (exact) mass is 520 g/mol. The van der Waals surface area contributed by atoms with Crippen molar-refractivity contribution in [1.29, 1.82) is 0 Å². The Hall–Kier alpha value is -2.03. The molecule has 4 rings (SSSR count). The molecule has 3 saturated heterocycles. The van der Waals surface area contributed by atoms with Crippen molar-refractivity contribution >= 4 is 46.8 Å². The summed E-state index contributed by atoms with van der Waals surface area (Å²) >= 11 is 8.05. The van der Waals surface area contributed by atoms with Crippen LogP contribution < -0.4 is 4.90 Å². The zero-order chi connectivity index (χ0) is 25.8. The number of carboxylic acid groups (broad SMARTS) is 1. The highest BCUT2D eigenvalue weighted by molar-refractivity contribution is 8.02. The van der Waals surface area contributed by atoms with Crippen molar-refractivity contribution in [2.24, 2.45) is 23.7 Å². The number of aliphatic hydroxyl groups is 1. The second-order valence-electron chi connectivity index (χ2n) is 10.3. The Morgan fingerprint density at radius 3 is 2.63 bits per heavy atom. The summed E-state index contributed by atoms with van der Waals surface area (Å²) in [4.78, 5) is 44.0. The molecule has 1 spiro atoms. The van der Waals surface area contributed by atoms with Crippen molar-refractivity contribution in [3.8, 4) is 0 Å². The number of halogens is 1. The first kappa shape index (κ1) is 26.0. The molecule has 2 amide bonds. The number of carbonyl (C=O) groups is 3. The molecule has 3 aliphatic heterocycles. The predicted octanol–water partition coefficient (Wildman–Crippen LogP) is 3.61. The van der Waals surface area contributed by atoms with Crippen molar-refractivity contribution in [2.45, 2.75) is 56.2 Å². The Balaban J connectivity index is 1.92. The second-order valence-corrected chi connectivity index (χ2v) is 12.2. The molecule has 0 saturated carbocycles. The van der Waals surface area contributed by atoms with E-state index in [9.17, 15) is 24.6 Å². The summed E-state index contributed by atoms with van der Waals surface area (Å²) in [7, 11) is 0. The van der Waals surface area contributed by atoms with E-state index in [2.05, 4.69) is 6.58 Å². The average molecular weight is 521 g/mol. The quantitative estimate of drug-likeness (QED) is 0.508. The molecule has 190 valence electrons. The zero-order valence-corrected chi connectivity index (χ0v) is 22.1. The molecule has 0 aromatic heterocycles. The van der Waals surface area contributed by atoms with E-state index in [1.807, 2.05) is 39.8 Å². The minimum absolute atomic E-state index is 0.0505. The molecule has 2 bridgehead atoms. The normalized spacial score (nSPS) is 32.1. The van der Waals surface area contributed by atoms with E-state index in [1.54, 1.807) is 17.0 Å². The fraction of sp³-hybridized carbons (Fsp3) is 0.577. The van der Waals surface area contributed by atoms with Gasteiger partial charge in [-0.3, -0.25) is 14.4 Å². The maximum Gasteiger partial charge on any atom is 0.308 e. The number of hydrogen-bond acceptors (Lipinski definition) is 5. The van der Waals surface area contributed by atoms with Crippen LogP contribution in [0.25, 0.3) is 0 Å². The van der Waals surface area contributed by atoms with Crippen molar-refractivity contribution in [3.63, 3.8) is 0 Å². The highest BCUT2D eigenvalue weighted by Gasteiger charge is 2.77. The van der Waals surface area contributed by atoms with Crippen LogP contribution in [0, 0.1) is 30.6 Å². The van der Waals surface area contributed by atoms with Gasteiger partial charge < -0.3 is 20.0 Å². The van der Waals surface area contributed by atoms with Gasteiger partial charge in [-0.25, -0.2) is 0 Å². The van der Waals surface area contributed by atoms with Crippen LogP contribution in [0.4, 0.5) is 5.69 Å². The fourth-order valence-corrected chi connectivity index (χ4v) is 9.25. The number of hydrogen-bond donors (Lipinski definition) is 2. The molecule has 3 fully saturated rings. The summed E-state index contributed by atoms with van der Waals surface area (Å²) in [5, 5.41) is 20.6. The molecule has 7 atom stereocenters. The molecule has 1 aromatic carbocycles. The Morgan fingerprint density at radius 2 is 2.09 bits per heavy atom. The molecule has 7 nitrogen and oxygen atoms in total. The van der Waals surface area contributed by atoms with Gasteiger partial charge in [0.05, 0.1) is 39.9 Å². The van der Waals surface area contributed by atoms with Crippen molar-refractivity contribution in [3.05, 3.63) is 41.4 Å². The van der Waals surface area contributed by atoms with Crippen LogP contribution in [0.5, 0.6) is 0 Å². The van der Waals surface area contributed by atoms with Gasteiger partial charge in [0.15, 0.2) is 0 Å². The van der Waals surface area contributed by atoms with E-state index in [4.69, 9.17) is 11.6 Å². The number of benzene rings is 1. The first-order valence-corrected chi connectivity index (χ1v) is 13.3. The molecule has 3 unspecified atom stereocenters. The number of rotatable bonds is 8. The zero-order valence-electron chi connectivity index (χ0n) is 20.5. The molecule has 3 aliphatic rings. The third kappa shape index (κ3) is 3.71. The lowest BCUT2D eigenvalue weighted by molar-refractivity contribution is -0.150. The van der Waals surface area contributed by atoms with E-state index in [-0.39, 0.29) is 42.1 Å². The number of thioether (sulfide) groups is 1. The van der Waals surface area contributed by atoms with Gasteiger partial charge in [-0.1, -0.05) is 50.6 Å². The van der Waals surface area contributed by atoms with Gasteiger partial charge in [-0.2, -0.15) is 0 Å². The Morgan fingerprint density at radius 1 is 1.40 bits per heavy atom. The largest absolute Gasteiger partial charge is 0.481 e. The molecule has 9 heteroatoms. The van der Waals surface area contributed by atoms with Crippen molar-refractivity contribution in [1.82, 2.24) is 4.90 Å². The number of aliphatic hydroxyl groups excluding tert-OH is 1. The van der Waals surface area contributed by atoms with Gasteiger partial charge >= 0.3 is 5.97 Å². The predicted molar refractivity (Wildman–Crippen MR) is 138 cm³/mol. The van der Waals surface area contributed by atoms with E-state index >= 15 is 0 Å². The molecule has 1 aromatic rings. The Bertz CT molecular complexity index is 1040. The minimum atomic E-state index is -1.00. The van der Waals surface area contributed by atoms with Gasteiger partial charge in [0, 0.05) is 11.8 Å². The number of carbonyl (C=O) groups excluding carboxylic acids is 2. The van der Waals surface area contributed by atoms with Crippen LogP contribution >= 0.6 is 23.4 Å². The Labute approximate surface area is 215 Å². The van der Waals surface area contributed by atoms with Crippen LogP contribution in [-0.2, 0) is 14.4 Å². The lowest BCUT2D eigenvalue weighted by atomic mass is 9.66. The third-order valence-corrected chi connectivity index (χ3v) is 10.4. The van der Waals surface area contributed by atoms with Gasteiger partial charge in [0.2, 0.25) is 5.91 Å². The number of nitrogens with zero attached hydrogens (tertiary/aromatic N) is 2. The van der Waals surface area contributed by atoms with E-state index in [0.29, 0.717) is 17.1 Å². The van der Waals surface area contributed by atoms with Crippen LogP contribution in [0.15, 0.2) is 30.9 Å². The maximum atomic E-state index is 14.6. The molecular formula is C26H33ClN2O5S. The number of amides is 2.